The molecule has 4 atom stereocenters. The summed E-state index contributed by atoms with van der Waals surface area (Å²) in [6, 6.07) is 0. The van der Waals surface area contributed by atoms with Gasteiger partial charge in [0.1, 0.15) is 0 Å². The summed E-state index contributed by atoms with van der Waals surface area (Å²) in [6.45, 7) is 12.8. The van der Waals surface area contributed by atoms with Crippen molar-refractivity contribution in [1.82, 2.24) is 0 Å². The van der Waals surface area contributed by atoms with Gasteiger partial charge >= 0.3 is 23.9 Å². The first-order valence-corrected chi connectivity index (χ1v) is 18.6. The van der Waals surface area contributed by atoms with Gasteiger partial charge in [0.25, 0.3) is 0 Å². The van der Waals surface area contributed by atoms with Crippen LogP contribution in [0.25, 0.3) is 0 Å². The number of unbranched alkanes of at least 4 members (excludes halogenated alkanes) is 12. The van der Waals surface area contributed by atoms with E-state index in [1.165, 1.54) is 103 Å². The van der Waals surface area contributed by atoms with Crippen LogP contribution in [0, 0.1) is 23.7 Å². The lowest BCUT2D eigenvalue weighted by molar-refractivity contribution is -0.167. The summed E-state index contributed by atoms with van der Waals surface area (Å²) in [7, 11) is 0. The molecule has 0 radical (unpaired) electrons. The lowest BCUT2D eigenvalue weighted by Crippen LogP contribution is -2.22. The number of rotatable bonds is 29. The Hall–Kier alpha value is -1.72. The quantitative estimate of drug-likeness (QED) is 0.0468. The highest BCUT2D eigenvalue weighted by Crippen LogP contribution is 2.20. The minimum Gasteiger partial charge on any atom is -0.393 e. The zero-order valence-corrected chi connectivity index (χ0v) is 29.7. The molecule has 0 rings (SSSR count). The van der Waals surface area contributed by atoms with Crippen LogP contribution in [-0.4, -0.2) is 23.9 Å². The highest BCUT2D eigenvalue weighted by Gasteiger charge is 2.21. The molecule has 6 heteroatoms. The minimum atomic E-state index is -0.747. The van der Waals surface area contributed by atoms with Crippen molar-refractivity contribution >= 4 is 23.9 Å². The summed E-state index contributed by atoms with van der Waals surface area (Å²) in [5, 5.41) is 0. The molecule has 44 heavy (non-hydrogen) atoms. The van der Waals surface area contributed by atoms with E-state index in [2.05, 4.69) is 27.7 Å². The summed E-state index contributed by atoms with van der Waals surface area (Å²) in [6.07, 6.45) is 25.4. The number of carbonyl (C=O) groups is 4. The van der Waals surface area contributed by atoms with Crippen LogP contribution in [0.15, 0.2) is 0 Å². The maximum atomic E-state index is 12.3. The molecule has 0 aliphatic carbocycles. The SMILES string of the molecule is CCCCC(C)CCCCCCCCC(C)C(=O)OC(=O)CCC(=O)OC(=O)C(C)CCCCCCCCC(C)CCCC. The Morgan fingerprint density at radius 2 is 0.682 bits per heavy atom. The van der Waals surface area contributed by atoms with Crippen LogP contribution in [0.2, 0.25) is 0 Å². The molecule has 0 heterocycles. The lowest BCUT2D eigenvalue weighted by atomic mass is 9.96. The fraction of sp³-hybridized carbons (Fsp3) is 0.895. The number of hydrogen-bond donors (Lipinski definition) is 0. The number of hydrogen-bond acceptors (Lipinski definition) is 6. The normalized spacial score (nSPS) is 14.0. The maximum Gasteiger partial charge on any atom is 0.316 e. The van der Waals surface area contributed by atoms with Crippen molar-refractivity contribution in [3.63, 3.8) is 0 Å². The molecule has 0 aromatic rings. The molecule has 0 saturated carbocycles. The standard InChI is InChI=1S/C38H70O6/c1-7-9-23-31(3)25-19-15-11-13-17-21-27-33(5)37(41)43-35(39)29-30-36(40)44-38(42)34(6)28-22-18-14-12-16-20-26-32(4)24-10-8-2/h31-34H,7-30H2,1-6H3. The minimum absolute atomic E-state index is 0.270. The van der Waals surface area contributed by atoms with Crippen molar-refractivity contribution in [3.8, 4) is 0 Å². The van der Waals surface area contributed by atoms with Gasteiger partial charge in [-0.2, -0.15) is 0 Å². The molecule has 258 valence electrons. The third-order valence-corrected chi connectivity index (χ3v) is 9.04. The number of ether oxygens (including phenoxy) is 2. The van der Waals surface area contributed by atoms with Gasteiger partial charge in [0.15, 0.2) is 0 Å². The van der Waals surface area contributed by atoms with E-state index >= 15 is 0 Å². The Morgan fingerprint density at radius 1 is 0.409 bits per heavy atom. The van der Waals surface area contributed by atoms with Gasteiger partial charge in [0.2, 0.25) is 0 Å². The second kappa shape index (κ2) is 28.7. The Bertz CT molecular complexity index is 686. The summed E-state index contributed by atoms with van der Waals surface area (Å²) >= 11 is 0. The van der Waals surface area contributed by atoms with Crippen LogP contribution in [0.5, 0.6) is 0 Å². The van der Waals surface area contributed by atoms with Crippen LogP contribution < -0.4 is 0 Å². The molecule has 6 nitrogen and oxygen atoms in total. The first-order chi connectivity index (χ1) is 21.1. The molecular weight excluding hydrogens is 552 g/mol. The predicted molar refractivity (Wildman–Crippen MR) is 181 cm³/mol. The highest BCUT2D eigenvalue weighted by atomic mass is 16.6. The van der Waals surface area contributed by atoms with E-state index in [0.29, 0.717) is 12.8 Å². The van der Waals surface area contributed by atoms with Crippen molar-refractivity contribution in [3.05, 3.63) is 0 Å². The molecule has 0 aromatic heterocycles. The molecule has 0 fully saturated rings. The van der Waals surface area contributed by atoms with E-state index in [1.54, 1.807) is 13.8 Å². The fourth-order valence-electron chi connectivity index (χ4n) is 5.66. The molecule has 0 aromatic carbocycles. The summed E-state index contributed by atoms with van der Waals surface area (Å²) in [4.78, 5) is 48.7. The fourth-order valence-corrected chi connectivity index (χ4v) is 5.66. The predicted octanol–water partition coefficient (Wildman–Crippen LogP) is 11.1. The zero-order valence-electron chi connectivity index (χ0n) is 29.7. The lowest BCUT2D eigenvalue weighted by Gasteiger charge is -2.12. The molecule has 0 aliphatic heterocycles. The van der Waals surface area contributed by atoms with Gasteiger partial charge in [-0.3, -0.25) is 19.2 Å². The second-order valence-corrected chi connectivity index (χ2v) is 13.8. The van der Waals surface area contributed by atoms with E-state index in [4.69, 9.17) is 9.47 Å². The Labute approximate surface area is 271 Å². The molecule has 4 unspecified atom stereocenters. The van der Waals surface area contributed by atoms with Crippen molar-refractivity contribution in [2.45, 2.75) is 196 Å². The molecular formula is C38H70O6. The van der Waals surface area contributed by atoms with E-state index < -0.39 is 23.9 Å². The van der Waals surface area contributed by atoms with E-state index in [-0.39, 0.29) is 24.7 Å². The first-order valence-electron chi connectivity index (χ1n) is 18.6. The van der Waals surface area contributed by atoms with Gasteiger partial charge in [-0.1, -0.05) is 170 Å². The van der Waals surface area contributed by atoms with Gasteiger partial charge in [0, 0.05) is 0 Å². The van der Waals surface area contributed by atoms with Crippen LogP contribution in [0.1, 0.15) is 196 Å². The number of carbonyl (C=O) groups excluding carboxylic acids is 4. The maximum absolute atomic E-state index is 12.3. The average Bonchev–Trinajstić information content (AvgIpc) is 2.99. The highest BCUT2D eigenvalue weighted by molar-refractivity contribution is 5.90. The van der Waals surface area contributed by atoms with Crippen molar-refractivity contribution in [1.29, 1.82) is 0 Å². The van der Waals surface area contributed by atoms with Crippen LogP contribution in [-0.2, 0) is 28.7 Å². The molecule has 0 aliphatic rings. The van der Waals surface area contributed by atoms with Gasteiger partial charge in [0.05, 0.1) is 24.7 Å². The van der Waals surface area contributed by atoms with E-state index in [0.717, 1.165) is 37.5 Å². The topological polar surface area (TPSA) is 86.7 Å². The van der Waals surface area contributed by atoms with Crippen LogP contribution >= 0.6 is 0 Å². The van der Waals surface area contributed by atoms with Gasteiger partial charge in [-0.15, -0.1) is 0 Å². The third kappa shape index (κ3) is 25.6. The Morgan fingerprint density at radius 3 is 1.00 bits per heavy atom. The largest absolute Gasteiger partial charge is 0.393 e. The van der Waals surface area contributed by atoms with Crippen molar-refractivity contribution < 1.29 is 28.7 Å². The number of esters is 4. The van der Waals surface area contributed by atoms with Crippen molar-refractivity contribution in [2.75, 3.05) is 0 Å². The Balaban J connectivity index is 3.85. The van der Waals surface area contributed by atoms with Crippen LogP contribution in [0.4, 0.5) is 0 Å². The molecule has 0 bridgehead atoms. The molecule has 0 amide bonds. The van der Waals surface area contributed by atoms with Gasteiger partial charge in [-0.05, 0) is 24.7 Å². The Kier molecular flexibility index (Phi) is 27.6. The van der Waals surface area contributed by atoms with Gasteiger partial charge < -0.3 is 9.47 Å². The summed E-state index contributed by atoms with van der Waals surface area (Å²) < 4.78 is 9.86. The van der Waals surface area contributed by atoms with Gasteiger partial charge in [-0.25, -0.2) is 0 Å². The first kappa shape index (κ1) is 42.3. The molecule has 0 saturated heterocycles. The second-order valence-electron chi connectivity index (χ2n) is 13.8. The smallest absolute Gasteiger partial charge is 0.316 e. The molecule has 0 spiro atoms. The monoisotopic (exact) mass is 623 g/mol. The van der Waals surface area contributed by atoms with Crippen LogP contribution in [0.3, 0.4) is 0 Å². The summed E-state index contributed by atoms with van der Waals surface area (Å²) in [5.41, 5.74) is 0. The zero-order chi connectivity index (χ0) is 33.0. The van der Waals surface area contributed by atoms with E-state index in [1.807, 2.05) is 0 Å². The van der Waals surface area contributed by atoms with E-state index in [9.17, 15) is 19.2 Å². The average molecular weight is 623 g/mol. The van der Waals surface area contributed by atoms with Crippen molar-refractivity contribution in [2.24, 2.45) is 23.7 Å². The third-order valence-electron chi connectivity index (χ3n) is 9.04. The molecule has 0 N–H and O–H groups in total. The summed E-state index contributed by atoms with van der Waals surface area (Å²) in [5.74, 6) is -1.63.